The summed E-state index contributed by atoms with van der Waals surface area (Å²) in [5.74, 6) is 0.200. The second-order valence-corrected chi connectivity index (χ2v) is 8.78. The normalized spacial score (nSPS) is 11.7. The Morgan fingerprint density at radius 2 is 1.24 bits per heavy atom. The summed E-state index contributed by atoms with van der Waals surface area (Å²) in [4.78, 5) is 15.1. The van der Waals surface area contributed by atoms with E-state index in [2.05, 4.69) is 0 Å². The van der Waals surface area contributed by atoms with Gasteiger partial charge in [0.25, 0.3) is 15.7 Å². The van der Waals surface area contributed by atoms with Crippen molar-refractivity contribution >= 4 is 32.9 Å². The van der Waals surface area contributed by atoms with Crippen molar-refractivity contribution in [1.29, 1.82) is 0 Å². The predicted molar refractivity (Wildman–Crippen MR) is 128 cm³/mol. The molecule has 0 heterocycles. The number of nitrogens with zero attached hydrogens (tertiary/aromatic N) is 3. The summed E-state index contributed by atoms with van der Waals surface area (Å²) in [6.07, 6.45) is 0. The third-order valence-electron chi connectivity index (χ3n) is 4.79. The minimum absolute atomic E-state index is 0.0892. The van der Waals surface area contributed by atoms with E-state index in [0.717, 1.165) is 4.31 Å². The van der Waals surface area contributed by atoms with E-state index in [1.54, 1.807) is 66.7 Å². The molecule has 0 N–H and O–H groups in total. The number of amidine groups is 1. The summed E-state index contributed by atoms with van der Waals surface area (Å²) in [5.41, 5.74) is 1.36. The lowest BCUT2D eigenvalue weighted by molar-refractivity contribution is -0.384. The lowest BCUT2D eigenvalue weighted by atomic mass is 10.2. The second kappa shape index (κ2) is 9.46. The molecule has 0 unspecified atom stereocenters. The van der Waals surface area contributed by atoms with Crippen LogP contribution in [0.4, 0.5) is 17.1 Å². The van der Waals surface area contributed by atoms with Crippen molar-refractivity contribution in [2.75, 3.05) is 4.31 Å². The van der Waals surface area contributed by atoms with Gasteiger partial charge in [-0.25, -0.2) is 17.7 Å². The number of benzene rings is 4. The van der Waals surface area contributed by atoms with Crippen LogP contribution in [0.25, 0.3) is 0 Å². The fraction of sp³-hybridized carbons (Fsp3) is 0. The number of nitro benzene ring substituents is 1. The van der Waals surface area contributed by atoms with E-state index in [4.69, 9.17) is 4.99 Å². The molecule has 0 aliphatic carbocycles. The van der Waals surface area contributed by atoms with Crippen LogP contribution in [0.3, 0.4) is 0 Å². The number of non-ortho nitro benzene ring substituents is 1. The van der Waals surface area contributed by atoms with Crippen molar-refractivity contribution in [3.8, 4) is 0 Å². The number of rotatable bonds is 6. The number of aliphatic imine (C=N–C) groups is 1. The molecule has 0 spiro atoms. The molecule has 33 heavy (non-hydrogen) atoms. The Hall–Kier alpha value is -4.30. The molecule has 0 aromatic heterocycles. The molecule has 0 saturated heterocycles. The minimum atomic E-state index is -4.18. The number of hydrogen-bond acceptors (Lipinski definition) is 5. The average molecular weight is 458 g/mol. The molecule has 4 aromatic rings. The highest BCUT2D eigenvalue weighted by molar-refractivity contribution is 7.93. The molecule has 0 aliphatic heterocycles. The summed E-state index contributed by atoms with van der Waals surface area (Å²) in [5, 5.41) is 11.0. The van der Waals surface area contributed by atoms with Crippen LogP contribution in [-0.4, -0.2) is 19.2 Å². The van der Waals surface area contributed by atoms with Crippen LogP contribution < -0.4 is 4.31 Å². The largest absolute Gasteiger partial charge is 0.269 e. The first-order chi connectivity index (χ1) is 16.0. The van der Waals surface area contributed by atoms with E-state index in [1.807, 2.05) is 24.3 Å². The van der Waals surface area contributed by atoms with Crippen LogP contribution in [-0.2, 0) is 10.0 Å². The van der Waals surface area contributed by atoms with Gasteiger partial charge in [0.2, 0.25) is 0 Å². The van der Waals surface area contributed by atoms with E-state index in [0.29, 0.717) is 16.9 Å². The van der Waals surface area contributed by atoms with Gasteiger partial charge in [0.05, 0.1) is 21.2 Å². The maximum Gasteiger partial charge on any atom is 0.269 e. The molecule has 164 valence electrons. The molecule has 0 fully saturated rings. The summed E-state index contributed by atoms with van der Waals surface area (Å²) in [6, 6.07) is 31.5. The van der Waals surface area contributed by atoms with Gasteiger partial charge in [0.15, 0.2) is 5.84 Å². The smallest absolute Gasteiger partial charge is 0.258 e. The second-order valence-electron chi connectivity index (χ2n) is 6.99. The molecule has 0 radical (unpaired) electrons. The highest BCUT2D eigenvalue weighted by atomic mass is 32.2. The Balaban J connectivity index is 1.95. The Bertz CT molecular complexity index is 1370. The van der Waals surface area contributed by atoms with Gasteiger partial charge in [-0.3, -0.25) is 10.1 Å². The summed E-state index contributed by atoms with van der Waals surface area (Å²) < 4.78 is 29.0. The number of sulfonamides is 1. The molecule has 0 amide bonds. The first-order valence-corrected chi connectivity index (χ1v) is 11.4. The van der Waals surface area contributed by atoms with E-state index in [1.165, 1.54) is 24.3 Å². The first kappa shape index (κ1) is 21.9. The molecule has 0 saturated carbocycles. The molecule has 0 atom stereocenters. The quantitative estimate of drug-likeness (QED) is 0.164. The maximum atomic E-state index is 13.9. The van der Waals surface area contributed by atoms with Gasteiger partial charge < -0.3 is 0 Å². The molecular weight excluding hydrogens is 438 g/mol. The number of anilines is 1. The Kier molecular flexibility index (Phi) is 6.28. The van der Waals surface area contributed by atoms with Crippen molar-refractivity contribution in [3.63, 3.8) is 0 Å². The summed E-state index contributed by atoms with van der Waals surface area (Å²) in [7, 11) is -4.18. The molecule has 0 bridgehead atoms. The van der Waals surface area contributed by atoms with Crippen LogP contribution in [0, 0.1) is 10.1 Å². The monoisotopic (exact) mass is 457 g/mol. The van der Waals surface area contributed by atoms with Gasteiger partial charge in [0, 0.05) is 17.7 Å². The highest BCUT2D eigenvalue weighted by Gasteiger charge is 2.31. The standard InChI is InChI=1S/C25H19N3O4S/c29-28(30)23-16-18-24(19-17-23)33(31,32)27(22-14-8-3-9-15-22)25(20-10-4-1-5-11-20)26-21-12-6-2-7-13-21/h1-19H. The maximum absolute atomic E-state index is 13.9. The number of nitro groups is 1. The van der Waals surface area contributed by atoms with Crippen molar-refractivity contribution in [2.24, 2.45) is 4.99 Å². The van der Waals surface area contributed by atoms with Gasteiger partial charge in [-0.1, -0.05) is 66.7 Å². The molecule has 7 nitrogen and oxygen atoms in total. The van der Waals surface area contributed by atoms with Crippen LogP contribution in [0.1, 0.15) is 5.56 Å². The van der Waals surface area contributed by atoms with Crippen LogP contribution >= 0.6 is 0 Å². The fourth-order valence-corrected chi connectivity index (χ4v) is 4.69. The summed E-state index contributed by atoms with van der Waals surface area (Å²) >= 11 is 0. The highest BCUT2D eigenvalue weighted by Crippen LogP contribution is 2.29. The molecular formula is C25H19N3O4S. The topological polar surface area (TPSA) is 92.9 Å². The fourth-order valence-electron chi connectivity index (χ4n) is 3.22. The average Bonchev–Trinajstić information content (AvgIpc) is 2.85. The lowest BCUT2D eigenvalue weighted by Gasteiger charge is -2.26. The molecule has 4 aromatic carbocycles. The molecule has 8 heteroatoms. The van der Waals surface area contributed by atoms with E-state index < -0.39 is 14.9 Å². The zero-order valence-electron chi connectivity index (χ0n) is 17.4. The number of para-hydroxylation sites is 2. The van der Waals surface area contributed by atoms with E-state index in [-0.39, 0.29) is 16.4 Å². The van der Waals surface area contributed by atoms with Crippen LogP contribution in [0.15, 0.2) is 125 Å². The van der Waals surface area contributed by atoms with Gasteiger partial charge >= 0.3 is 0 Å². The van der Waals surface area contributed by atoms with Crippen LogP contribution in [0.2, 0.25) is 0 Å². The minimum Gasteiger partial charge on any atom is -0.258 e. The zero-order chi connectivity index (χ0) is 23.3. The SMILES string of the molecule is O=[N+]([O-])c1ccc(S(=O)(=O)N(C(=Nc2ccccc2)c2ccccc2)c2ccccc2)cc1. The van der Waals surface area contributed by atoms with Gasteiger partial charge in [0.1, 0.15) is 0 Å². The van der Waals surface area contributed by atoms with Crippen LogP contribution in [0.5, 0.6) is 0 Å². The molecule has 0 aliphatic rings. The first-order valence-electron chi connectivity index (χ1n) is 10.0. The third-order valence-corrected chi connectivity index (χ3v) is 6.52. The van der Waals surface area contributed by atoms with Gasteiger partial charge in [-0.05, 0) is 36.4 Å². The van der Waals surface area contributed by atoms with Gasteiger partial charge in [-0.15, -0.1) is 0 Å². The Morgan fingerprint density at radius 3 is 1.79 bits per heavy atom. The van der Waals surface area contributed by atoms with Crippen molar-refractivity contribution in [1.82, 2.24) is 0 Å². The Labute approximate surface area is 191 Å². The number of hydrogen-bond donors (Lipinski definition) is 0. The Morgan fingerprint density at radius 1 is 0.727 bits per heavy atom. The lowest BCUT2D eigenvalue weighted by Crippen LogP contribution is -2.37. The van der Waals surface area contributed by atoms with Crippen molar-refractivity contribution in [3.05, 3.63) is 131 Å². The van der Waals surface area contributed by atoms with Gasteiger partial charge in [-0.2, -0.15) is 0 Å². The third kappa shape index (κ3) is 4.81. The van der Waals surface area contributed by atoms with Crippen molar-refractivity contribution < 1.29 is 13.3 Å². The van der Waals surface area contributed by atoms with E-state index in [9.17, 15) is 18.5 Å². The zero-order valence-corrected chi connectivity index (χ0v) is 18.2. The predicted octanol–water partition coefficient (Wildman–Crippen LogP) is 5.57. The summed E-state index contributed by atoms with van der Waals surface area (Å²) in [6.45, 7) is 0. The van der Waals surface area contributed by atoms with Crippen molar-refractivity contribution in [2.45, 2.75) is 4.90 Å². The molecule has 4 rings (SSSR count). The van der Waals surface area contributed by atoms with E-state index >= 15 is 0 Å².